The Hall–Kier alpha value is -0.610. The van der Waals surface area contributed by atoms with E-state index >= 15 is 0 Å². The molecule has 0 aromatic rings. The first-order chi connectivity index (χ1) is 8.09. The van der Waals surface area contributed by atoms with Crippen LogP contribution < -0.4 is 0 Å². The molecule has 106 valence electrons. The molecule has 0 bridgehead atoms. The maximum atomic E-state index is 10.9. The molecule has 0 radical (unpaired) electrons. The van der Waals surface area contributed by atoms with Gasteiger partial charge in [-0.05, 0) is 47.6 Å². The number of ether oxygens (including phenoxy) is 1. The van der Waals surface area contributed by atoms with Crippen molar-refractivity contribution in [3.63, 3.8) is 0 Å². The molecular formula is C14H27NO3. The molecule has 0 aliphatic carbocycles. The summed E-state index contributed by atoms with van der Waals surface area (Å²) in [6.07, 6.45) is 1.12. The highest BCUT2D eigenvalue weighted by molar-refractivity contribution is 5.67. The first-order valence-electron chi connectivity index (χ1n) is 6.77. The summed E-state index contributed by atoms with van der Waals surface area (Å²) in [5, 5.41) is 8.95. The van der Waals surface area contributed by atoms with E-state index in [1.807, 2.05) is 6.92 Å². The number of likely N-dealkylation sites (N-methyl/N-ethyl adjacent to an activating group) is 1. The standard InChI is InChI=1S/C14H27NO3/c1-7-15(10(2)8-12(16)17)11-9-13(3,4)18-14(11,5)6/h10-11H,7-9H2,1-6H3,(H,16,17). The summed E-state index contributed by atoms with van der Waals surface area (Å²) in [6.45, 7) is 13.3. The van der Waals surface area contributed by atoms with Gasteiger partial charge in [0, 0.05) is 12.1 Å². The van der Waals surface area contributed by atoms with E-state index in [1.165, 1.54) is 0 Å². The molecule has 2 unspecified atom stereocenters. The molecule has 0 saturated carbocycles. The van der Waals surface area contributed by atoms with Gasteiger partial charge in [0.15, 0.2) is 0 Å². The normalized spacial score (nSPS) is 27.4. The van der Waals surface area contributed by atoms with E-state index in [4.69, 9.17) is 9.84 Å². The lowest BCUT2D eigenvalue weighted by atomic mass is 9.91. The highest BCUT2D eigenvalue weighted by Crippen LogP contribution is 2.40. The highest BCUT2D eigenvalue weighted by Gasteiger charge is 2.48. The summed E-state index contributed by atoms with van der Waals surface area (Å²) in [6, 6.07) is 0.307. The fraction of sp³-hybridized carbons (Fsp3) is 0.929. The van der Waals surface area contributed by atoms with Gasteiger partial charge in [-0.3, -0.25) is 9.69 Å². The Labute approximate surface area is 110 Å². The molecule has 18 heavy (non-hydrogen) atoms. The summed E-state index contributed by atoms with van der Waals surface area (Å²) in [5.41, 5.74) is -0.364. The van der Waals surface area contributed by atoms with E-state index < -0.39 is 5.97 Å². The molecule has 1 fully saturated rings. The molecule has 0 aromatic carbocycles. The first kappa shape index (κ1) is 15.4. The molecule has 1 N–H and O–H groups in total. The second-order valence-corrected chi connectivity index (χ2v) is 6.46. The molecule has 0 amide bonds. The van der Waals surface area contributed by atoms with Crippen LogP contribution in [0.4, 0.5) is 0 Å². The van der Waals surface area contributed by atoms with Gasteiger partial charge in [-0.1, -0.05) is 6.92 Å². The Bertz CT molecular complexity index is 312. The van der Waals surface area contributed by atoms with Gasteiger partial charge in [-0.25, -0.2) is 0 Å². The topological polar surface area (TPSA) is 49.8 Å². The van der Waals surface area contributed by atoms with Gasteiger partial charge in [0.2, 0.25) is 0 Å². The van der Waals surface area contributed by atoms with E-state index in [2.05, 4.69) is 39.5 Å². The van der Waals surface area contributed by atoms with Crippen molar-refractivity contribution >= 4 is 5.97 Å². The summed E-state index contributed by atoms with van der Waals surface area (Å²) < 4.78 is 6.10. The van der Waals surface area contributed by atoms with Crippen LogP contribution in [0.25, 0.3) is 0 Å². The van der Waals surface area contributed by atoms with Crippen LogP contribution in [-0.4, -0.2) is 45.8 Å². The molecule has 4 heteroatoms. The Morgan fingerprint density at radius 2 is 2.00 bits per heavy atom. The number of rotatable bonds is 5. The third kappa shape index (κ3) is 3.45. The number of carbonyl (C=O) groups is 1. The molecule has 1 aliphatic rings. The maximum Gasteiger partial charge on any atom is 0.304 e. The predicted molar refractivity (Wildman–Crippen MR) is 71.7 cm³/mol. The number of hydrogen-bond acceptors (Lipinski definition) is 3. The van der Waals surface area contributed by atoms with Gasteiger partial charge in [0.05, 0.1) is 17.6 Å². The summed E-state index contributed by atoms with van der Waals surface area (Å²) >= 11 is 0. The molecule has 4 nitrogen and oxygen atoms in total. The van der Waals surface area contributed by atoms with Crippen molar-refractivity contribution < 1.29 is 14.6 Å². The monoisotopic (exact) mass is 257 g/mol. The molecule has 1 aliphatic heterocycles. The minimum atomic E-state index is -0.739. The highest BCUT2D eigenvalue weighted by atomic mass is 16.5. The van der Waals surface area contributed by atoms with Crippen LogP contribution in [-0.2, 0) is 9.53 Å². The number of aliphatic carboxylic acids is 1. The first-order valence-corrected chi connectivity index (χ1v) is 6.77. The van der Waals surface area contributed by atoms with Crippen LogP contribution in [0.1, 0.15) is 54.4 Å². The van der Waals surface area contributed by atoms with Crippen molar-refractivity contribution in [2.45, 2.75) is 77.7 Å². The van der Waals surface area contributed by atoms with Crippen molar-refractivity contribution in [2.75, 3.05) is 6.54 Å². The third-order valence-corrected chi connectivity index (χ3v) is 3.83. The molecule has 1 heterocycles. The second kappa shape index (κ2) is 5.17. The smallest absolute Gasteiger partial charge is 0.304 e. The fourth-order valence-electron chi connectivity index (χ4n) is 3.26. The Balaban J connectivity index is 2.85. The van der Waals surface area contributed by atoms with E-state index in [0.717, 1.165) is 13.0 Å². The Morgan fingerprint density at radius 1 is 1.44 bits per heavy atom. The fourth-order valence-corrected chi connectivity index (χ4v) is 3.26. The quantitative estimate of drug-likeness (QED) is 0.822. The third-order valence-electron chi connectivity index (χ3n) is 3.83. The van der Waals surface area contributed by atoms with Gasteiger partial charge in [0.25, 0.3) is 0 Å². The van der Waals surface area contributed by atoms with Gasteiger partial charge in [0.1, 0.15) is 0 Å². The van der Waals surface area contributed by atoms with Crippen LogP contribution >= 0.6 is 0 Å². The number of carboxylic acid groups (broad SMARTS) is 1. The maximum absolute atomic E-state index is 10.9. The summed E-state index contributed by atoms with van der Waals surface area (Å²) in [5.74, 6) is -0.739. The second-order valence-electron chi connectivity index (χ2n) is 6.46. The lowest BCUT2D eigenvalue weighted by Crippen LogP contribution is -2.50. The van der Waals surface area contributed by atoms with E-state index in [-0.39, 0.29) is 29.7 Å². The minimum Gasteiger partial charge on any atom is -0.481 e. The predicted octanol–water partition coefficient (Wildman–Crippen LogP) is 2.52. The molecule has 0 aromatic heterocycles. The van der Waals surface area contributed by atoms with Gasteiger partial charge >= 0.3 is 5.97 Å². The van der Waals surface area contributed by atoms with Crippen molar-refractivity contribution in [1.82, 2.24) is 4.90 Å². The summed E-state index contributed by atoms with van der Waals surface area (Å²) in [7, 11) is 0. The van der Waals surface area contributed by atoms with Crippen molar-refractivity contribution in [1.29, 1.82) is 0 Å². The van der Waals surface area contributed by atoms with Crippen LogP contribution in [0.15, 0.2) is 0 Å². The van der Waals surface area contributed by atoms with Gasteiger partial charge in [-0.15, -0.1) is 0 Å². The van der Waals surface area contributed by atoms with Gasteiger partial charge < -0.3 is 9.84 Å². The minimum absolute atomic E-state index is 0.0364. The van der Waals surface area contributed by atoms with E-state index in [9.17, 15) is 4.79 Å². The van der Waals surface area contributed by atoms with Crippen molar-refractivity contribution in [3.8, 4) is 0 Å². The zero-order valence-electron chi connectivity index (χ0n) is 12.5. The Morgan fingerprint density at radius 3 is 2.33 bits per heavy atom. The van der Waals surface area contributed by atoms with Crippen molar-refractivity contribution in [2.24, 2.45) is 0 Å². The molecule has 1 rings (SSSR count). The van der Waals surface area contributed by atoms with Crippen LogP contribution in [0.2, 0.25) is 0 Å². The number of nitrogens with zero attached hydrogens (tertiary/aromatic N) is 1. The molecule has 2 atom stereocenters. The van der Waals surface area contributed by atoms with Crippen molar-refractivity contribution in [3.05, 3.63) is 0 Å². The number of carboxylic acids is 1. The summed E-state index contributed by atoms with van der Waals surface area (Å²) in [4.78, 5) is 13.1. The van der Waals surface area contributed by atoms with Crippen LogP contribution in [0.5, 0.6) is 0 Å². The molecule has 1 saturated heterocycles. The van der Waals surface area contributed by atoms with Gasteiger partial charge in [-0.2, -0.15) is 0 Å². The zero-order valence-corrected chi connectivity index (χ0v) is 12.5. The zero-order chi connectivity index (χ0) is 14.1. The van der Waals surface area contributed by atoms with Crippen LogP contribution in [0, 0.1) is 0 Å². The molecule has 0 spiro atoms. The lowest BCUT2D eigenvalue weighted by Gasteiger charge is -2.39. The largest absolute Gasteiger partial charge is 0.481 e. The van der Waals surface area contributed by atoms with Crippen LogP contribution in [0.3, 0.4) is 0 Å². The number of hydrogen-bond donors (Lipinski definition) is 1. The Kier molecular flexibility index (Phi) is 4.44. The van der Waals surface area contributed by atoms with E-state index in [0.29, 0.717) is 0 Å². The molecular weight excluding hydrogens is 230 g/mol. The average Bonchev–Trinajstić information content (AvgIpc) is 2.34. The SMILES string of the molecule is CCN(C(C)CC(=O)O)C1CC(C)(C)OC1(C)C. The lowest BCUT2D eigenvalue weighted by molar-refractivity contribution is -0.139. The average molecular weight is 257 g/mol. The van der Waals surface area contributed by atoms with E-state index in [1.54, 1.807) is 0 Å².